The number of hydrogen-bond acceptors (Lipinski definition) is 2. The third-order valence-corrected chi connectivity index (χ3v) is 12.3. The first-order chi connectivity index (χ1) is 31.3. The van der Waals surface area contributed by atoms with Crippen molar-refractivity contribution < 1.29 is 0 Å². The van der Waals surface area contributed by atoms with Crippen LogP contribution < -0.4 is 0 Å². The van der Waals surface area contributed by atoms with Crippen molar-refractivity contribution in [1.29, 1.82) is 0 Å². The Kier molecular flexibility index (Phi) is 10.9. The summed E-state index contributed by atoms with van der Waals surface area (Å²) in [6.07, 6.45) is 0. The fourth-order valence-electron chi connectivity index (χ4n) is 8.76. The molecule has 0 aliphatic rings. The van der Waals surface area contributed by atoms with Gasteiger partial charge in [-0.2, -0.15) is 0 Å². The molecule has 2 nitrogen and oxygen atoms in total. The molecule has 0 amide bonds. The lowest BCUT2D eigenvalue weighted by Crippen LogP contribution is -1.96. The van der Waals surface area contributed by atoms with E-state index < -0.39 is 0 Å². The summed E-state index contributed by atoms with van der Waals surface area (Å²) in [5.41, 5.74) is 24.2. The van der Waals surface area contributed by atoms with Crippen LogP contribution in [0.2, 0.25) is 0 Å². The summed E-state index contributed by atoms with van der Waals surface area (Å²) in [5, 5.41) is 0. The molecule has 1 heterocycles. The Balaban J connectivity index is 0.992. The lowest BCUT2D eigenvalue weighted by molar-refractivity contribution is 1.18. The largest absolute Gasteiger partial charge is 0.228 e. The molecule has 0 unspecified atom stereocenters. The highest BCUT2D eigenvalue weighted by Gasteiger charge is 2.14. The summed E-state index contributed by atoms with van der Waals surface area (Å²) in [4.78, 5) is 10.4. The fourth-order valence-corrected chi connectivity index (χ4v) is 8.76. The Hall–Kier alpha value is -7.94. The van der Waals surface area contributed by atoms with Crippen LogP contribution in [0.25, 0.3) is 101 Å². The number of aryl methyl sites for hydroxylation is 4. The van der Waals surface area contributed by atoms with Crippen molar-refractivity contribution in [2.45, 2.75) is 27.7 Å². The minimum atomic E-state index is 0.695. The van der Waals surface area contributed by atoms with Gasteiger partial charge in [0.1, 0.15) is 0 Å². The summed E-state index contributed by atoms with van der Waals surface area (Å²) in [5.74, 6) is 0.695. The van der Waals surface area contributed by atoms with Gasteiger partial charge in [-0.25, -0.2) is 9.97 Å². The van der Waals surface area contributed by atoms with Crippen LogP contribution in [0.15, 0.2) is 218 Å². The highest BCUT2D eigenvalue weighted by molar-refractivity contribution is 5.83. The Morgan fingerprint density at radius 3 is 0.906 bits per heavy atom. The molecule has 2 heteroatoms. The summed E-state index contributed by atoms with van der Waals surface area (Å²) >= 11 is 0. The van der Waals surface area contributed by atoms with Gasteiger partial charge >= 0.3 is 0 Å². The van der Waals surface area contributed by atoms with E-state index in [1.165, 1.54) is 66.8 Å². The van der Waals surface area contributed by atoms with Gasteiger partial charge < -0.3 is 0 Å². The molecule has 10 rings (SSSR count). The van der Waals surface area contributed by atoms with Gasteiger partial charge in [-0.1, -0.05) is 187 Å². The summed E-state index contributed by atoms with van der Waals surface area (Å²) in [7, 11) is 0. The van der Waals surface area contributed by atoms with Crippen molar-refractivity contribution in [2.75, 3.05) is 0 Å². The number of hydrogen-bond donors (Lipinski definition) is 0. The number of nitrogens with zero attached hydrogens (tertiary/aromatic N) is 2. The molecule has 10 aromatic rings. The third-order valence-electron chi connectivity index (χ3n) is 12.3. The zero-order valence-corrected chi connectivity index (χ0v) is 36.7. The van der Waals surface area contributed by atoms with E-state index in [1.807, 2.05) is 18.2 Å². The van der Waals surface area contributed by atoms with E-state index >= 15 is 0 Å². The standard InChI is InChI=1S/C62H48N2/c1-41-28-30-43(3)58(32-41)54-24-10-20-50(36-54)46-16-8-18-48(34-46)52-22-12-26-56(38-52)60-40-61(64-62(63-60)45-14-6-5-7-15-45)57-27-13-23-53(39-57)49-19-9-17-47(35-49)51-21-11-25-55(37-51)59-33-42(2)29-31-44(59)4/h5-40H,1-4H3. The average molecular weight is 821 g/mol. The molecular weight excluding hydrogens is 773 g/mol. The first-order valence-electron chi connectivity index (χ1n) is 22.0. The maximum atomic E-state index is 5.20. The van der Waals surface area contributed by atoms with Gasteiger partial charge in [0.2, 0.25) is 0 Å². The highest BCUT2D eigenvalue weighted by atomic mass is 14.9. The topological polar surface area (TPSA) is 25.8 Å². The average Bonchev–Trinajstić information content (AvgIpc) is 3.36. The van der Waals surface area contributed by atoms with Crippen molar-refractivity contribution in [2.24, 2.45) is 0 Å². The Morgan fingerprint density at radius 2 is 0.531 bits per heavy atom. The van der Waals surface area contributed by atoms with E-state index in [4.69, 9.17) is 9.97 Å². The Labute approximate surface area is 377 Å². The monoisotopic (exact) mass is 820 g/mol. The summed E-state index contributed by atoms with van der Waals surface area (Å²) in [6, 6.07) is 78.7. The molecule has 0 aliphatic heterocycles. The molecule has 0 radical (unpaired) electrons. The first kappa shape index (κ1) is 40.2. The molecule has 0 bridgehead atoms. The number of rotatable bonds is 9. The Morgan fingerprint density at radius 1 is 0.234 bits per heavy atom. The molecule has 0 saturated carbocycles. The van der Waals surface area contributed by atoms with Crippen LogP contribution >= 0.6 is 0 Å². The van der Waals surface area contributed by atoms with E-state index in [0.717, 1.165) is 50.3 Å². The van der Waals surface area contributed by atoms with Gasteiger partial charge in [0.25, 0.3) is 0 Å². The van der Waals surface area contributed by atoms with Crippen molar-refractivity contribution in [3.63, 3.8) is 0 Å². The van der Waals surface area contributed by atoms with Crippen molar-refractivity contribution in [1.82, 2.24) is 9.97 Å². The fraction of sp³-hybridized carbons (Fsp3) is 0.0645. The predicted molar refractivity (Wildman–Crippen MR) is 270 cm³/mol. The van der Waals surface area contributed by atoms with E-state index in [-0.39, 0.29) is 0 Å². The maximum Gasteiger partial charge on any atom is 0.160 e. The second kappa shape index (κ2) is 17.4. The molecule has 0 aliphatic carbocycles. The van der Waals surface area contributed by atoms with Crippen LogP contribution in [0.3, 0.4) is 0 Å². The minimum Gasteiger partial charge on any atom is -0.228 e. The van der Waals surface area contributed by atoms with Crippen LogP contribution in [-0.4, -0.2) is 9.97 Å². The van der Waals surface area contributed by atoms with Crippen LogP contribution in [0.1, 0.15) is 22.3 Å². The molecule has 64 heavy (non-hydrogen) atoms. The van der Waals surface area contributed by atoms with Crippen LogP contribution in [0.5, 0.6) is 0 Å². The van der Waals surface area contributed by atoms with Gasteiger partial charge in [0.15, 0.2) is 5.82 Å². The summed E-state index contributed by atoms with van der Waals surface area (Å²) in [6.45, 7) is 8.68. The van der Waals surface area contributed by atoms with E-state index in [1.54, 1.807) is 0 Å². The molecule has 0 fully saturated rings. The minimum absolute atomic E-state index is 0.695. The molecule has 9 aromatic carbocycles. The lowest BCUT2D eigenvalue weighted by Gasteiger charge is -2.13. The number of benzene rings is 9. The van der Waals surface area contributed by atoms with E-state index in [0.29, 0.717) is 5.82 Å². The smallest absolute Gasteiger partial charge is 0.160 e. The molecule has 0 N–H and O–H groups in total. The van der Waals surface area contributed by atoms with Crippen molar-refractivity contribution in [3.8, 4) is 101 Å². The predicted octanol–water partition coefficient (Wildman–Crippen LogP) is 16.7. The van der Waals surface area contributed by atoms with Crippen molar-refractivity contribution >= 4 is 0 Å². The third kappa shape index (κ3) is 8.47. The Bertz CT molecular complexity index is 3120. The SMILES string of the molecule is Cc1ccc(C)c(-c2cccc(-c3cccc(-c4cccc(-c5cc(-c6cccc(-c7cccc(-c8cccc(-c9cc(C)ccc9C)c8)c7)c6)nc(-c6ccccc6)n5)c4)c3)c2)c1. The molecule has 0 spiro atoms. The van der Waals surface area contributed by atoms with Gasteiger partial charge in [-0.3, -0.25) is 0 Å². The maximum absolute atomic E-state index is 5.20. The number of aromatic nitrogens is 2. The molecule has 1 aromatic heterocycles. The second-order valence-electron chi connectivity index (χ2n) is 16.9. The zero-order valence-electron chi connectivity index (χ0n) is 36.7. The highest BCUT2D eigenvalue weighted by Crippen LogP contribution is 2.36. The van der Waals surface area contributed by atoms with Crippen LogP contribution in [0.4, 0.5) is 0 Å². The van der Waals surface area contributed by atoms with Crippen LogP contribution in [0, 0.1) is 27.7 Å². The lowest BCUT2D eigenvalue weighted by atomic mass is 9.93. The molecule has 0 atom stereocenters. The van der Waals surface area contributed by atoms with E-state index in [9.17, 15) is 0 Å². The van der Waals surface area contributed by atoms with Gasteiger partial charge in [-0.15, -0.1) is 0 Å². The molecule has 0 saturated heterocycles. The van der Waals surface area contributed by atoms with E-state index in [2.05, 4.69) is 228 Å². The summed E-state index contributed by atoms with van der Waals surface area (Å²) < 4.78 is 0. The quantitative estimate of drug-likeness (QED) is 0.145. The van der Waals surface area contributed by atoms with Crippen LogP contribution in [-0.2, 0) is 0 Å². The zero-order chi connectivity index (χ0) is 43.6. The molecular formula is C62H48N2. The van der Waals surface area contributed by atoms with Crippen molar-refractivity contribution in [3.05, 3.63) is 241 Å². The second-order valence-corrected chi connectivity index (χ2v) is 16.9. The first-order valence-corrected chi connectivity index (χ1v) is 22.0. The van der Waals surface area contributed by atoms with Gasteiger partial charge in [0, 0.05) is 16.7 Å². The van der Waals surface area contributed by atoms with Gasteiger partial charge in [-0.05, 0) is 148 Å². The normalized spacial score (nSPS) is 11.1. The molecule has 306 valence electrons. The van der Waals surface area contributed by atoms with Gasteiger partial charge in [0.05, 0.1) is 11.4 Å².